The smallest absolute Gasteiger partial charge is 0.331 e. The first-order valence-electron chi connectivity index (χ1n) is 4.73. The average Bonchev–Trinajstić information content (AvgIpc) is 2.53. The lowest BCUT2D eigenvalue weighted by atomic mass is 9.94. The van der Waals surface area contributed by atoms with E-state index in [1.165, 1.54) is 0 Å². The van der Waals surface area contributed by atoms with E-state index in [0.717, 1.165) is 12.0 Å². The molecule has 3 heteroatoms. The molecule has 0 aromatic heterocycles. The van der Waals surface area contributed by atoms with Gasteiger partial charge in [-0.2, -0.15) is 0 Å². The first-order valence-corrected chi connectivity index (χ1v) is 4.73. The highest BCUT2D eigenvalue weighted by Crippen LogP contribution is 2.27. The maximum atomic E-state index is 10.9. The minimum Gasteiger partial charge on any atom is -0.478 e. The Morgan fingerprint density at radius 1 is 1.62 bits per heavy atom. The van der Waals surface area contributed by atoms with Gasteiger partial charge in [-0.15, -0.1) is 0 Å². The van der Waals surface area contributed by atoms with E-state index in [1.807, 2.05) is 6.92 Å². The van der Waals surface area contributed by atoms with Crippen LogP contribution in [0.2, 0.25) is 0 Å². The summed E-state index contributed by atoms with van der Waals surface area (Å²) in [5.41, 5.74) is 1.54. The number of hydrogen-bond acceptors (Lipinski definition) is 2. The molecule has 0 bridgehead atoms. The van der Waals surface area contributed by atoms with E-state index in [0.29, 0.717) is 31.1 Å². The van der Waals surface area contributed by atoms with Crippen LogP contribution in [0.4, 0.5) is 0 Å². The molecule has 0 aliphatic carbocycles. The Balaban J connectivity index is 2.91. The van der Waals surface area contributed by atoms with Crippen LogP contribution in [0, 0.1) is 5.92 Å². The van der Waals surface area contributed by atoms with Gasteiger partial charge in [0.2, 0.25) is 0 Å². The van der Waals surface area contributed by atoms with Gasteiger partial charge < -0.3 is 9.84 Å². The summed E-state index contributed by atoms with van der Waals surface area (Å²) < 4.78 is 5.27. The molecule has 0 saturated carbocycles. The highest BCUT2D eigenvalue weighted by molar-refractivity contribution is 5.87. The van der Waals surface area contributed by atoms with Crippen molar-refractivity contribution in [1.29, 1.82) is 0 Å². The van der Waals surface area contributed by atoms with E-state index in [1.54, 1.807) is 0 Å². The lowest BCUT2D eigenvalue weighted by molar-refractivity contribution is -0.132. The van der Waals surface area contributed by atoms with Crippen LogP contribution < -0.4 is 0 Å². The third-order valence-electron chi connectivity index (χ3n) is 2.56. The fraction of sp³-hybridized carbons (Fsp3) is 0.700. The second-order valence-electron chi connectivity index (χ2n) is 3.28. The van der Waals surface area contributed by atoms with Gasteiger partial charge in [0.05, 0.1) is 13.2 Å². The summed E-state index contributed by atoms with van der Waals surface area (Å²) in [4.78, 5) is 10.9. The number of rotatable bonds is 3. The Hall–Kier alpha value is -0.830. The van der Waals surface area contributed by atoms with Crippen molar-refractivity contribution < 1.29 is 14.6 Å². The molecule has 1 unspecified atom stereocenters. The molecule has 74 valence electrons. The normalized spacial score (nSPS) is 26.2. The predicted octanol–water partition coefficient (Wildman–Crippen LogP) is 1.83. The Morgan fingerprint density at radius 2 is 2.31 bits per heavy atom. The van der Waals surface area contributed by atoms with Gasteiger partial charge in [-0.05, 0) is 18.4 Å². The molecule has 1 fully saturated rings. The molecule has 0 radical (unpaired) electrons. The largest absolute Gasteiger partial charge is 0.478 e. The van der Waals surface area contributed by atoms with Gasteiger partial charge in [-0.1, -0.05) is 13.8 Å². The summed E-state index contributed by atoms with van der Waals surface area (Å²) in [6, 6.07) is 0. The third kappa shape index (κ3) is 2.10. The lowest BCUT2D eigenvalue weighted by Gasteiger charge is -2.09. The number of hydrogen-bond donors (Lipinski definition) is 1. The summed E-state index contributed by atoms with van der Waals surface area (Å²) in [6.07, 6.45) is 1.55. The number of aliphatic carboxylic acids is 1. The SMILES string of the molecule is CC/C(C(=O)O)=C1\COCC1CC. The molecule has 0 aromatic rings. The zero-order valence-corrected chi connectivity index (χ0v) is 8.17. The van der Waals surface area contributed by atoms with Gasteiger partial charge in [0.15, 0.2) is 0 Å². The van der Waals surface area contributed by atoms with Crippen molar-refractivity contribution in [3.05, 3.63) is 11.1 Å². The van der Waals surface area contributed by atoms with Gasteiger partial charge in [-0.25, -0.2) is 4.79 Å². The van der Waals surface area contributed by atoms with Crippen LogP contribution in [0.5, 0.6) is 0 Å². The summed E-state index contributed by atoms with van der Waals surface area (Å²) in [5, 5.41) is 8.93. The van der Waals surface area contributed by atoms with E-state index in [4.69, 9.17) is 9.84 Å². The van der Waals surface area contributed by atoms with Gasteiger partial charge in [-0.3, -0.25) is 0 Å². The first kappa shape index (κ1) is 10.3. The Morgan fingerprint density at radius 3 is 2.77 bits per heavy atom. The van der Waals surface area contributed by atoms with Crippen molar-refractivity contribution in [3.63, 3.8) is 0 Å². The van der Waals surface area contributed by atoms with Crippen LogP contribution in [0.25, 0.3) is 0 Å². The van der Waals surface area contributed by atoms with Gasteiger partial charge in [0.1, 0.15) is 0 Å². The second kappa shape index (κ2) is 4.42. The molecule has 3 nitrogen and oxygen atoms in total. The van der Waals surface area contributed by atoms with E-state index < -0.39 is 5.97 Å². The molecule has 1 aliphatic rings. The number of carboxylic acids is 1. The van der Waals surface area contributed by atoms with E-state index in [9.17, 15) is 4.79 Å². The van der Waals surface area contributed by atoms with E-state index in [-0.39, 0.29) is 0 Å². The maximum Gasteiger partial charge on any atom is 0.331 e. The maximum absolute atomic E-state index is 10.9. The second-order valence-corrected chi connectivity index (χ2v) is 3.28. The van der Waals surface area contributed by atoms with Crippen molar-refractivity contribution in [2.45, 2.75) is 26.7 Å². The minimum atomic E-state index is -0.790. The first-order chi connectivity index (χ1) is 6.20. The number of carbonyl (C=O) groups is 1. The number of carboxylic acid groups (broad SMARTS) is 1. The Labute approximate surface area is 78.4 Å². The highest BCUT2D eigenvalue weighted by Gasteiger charge is 2.25. The quantitative estimate of drug-likeness (QED) is 0.681. The Kier molecular flexibility index (Phi) is 3.48. The number of ether oxygens (including phenoxy) is 1. The predicted molar refractivity (Wildman–Crippen MR) is 49.6 cm³/mol. The molecular weight excluding hydrogens is 168 g/mol. The minimum absolute atomic E-state index is 0.325. The lowest BCUT2D eigenvalue weighted by Crippen LogP contribution is -2.09. The zero-order valence-electron chi connectivity index (χ0n) is 8.17. The molecule has 1 aliphatic heterocycles. The summed E-state index contributed by atoms with van der Waals surface area (Å²) in [5.74, 6) is -0.465. The standard InChI is InChI=1S/C10H16O3/c1-3-7-5-13-6-9(7)8(4-2)10(11)12/h7H,3-6H2,1-2H3,(H,11,12)/b9-8-. The van der Waals surface area contributed by atoms with E-state index >= 15 is 0 Å². The van der Waals surface area contributed by atoms with Gasteiger partial charge in [0.25, 0.3) is 0 Å². The van der Waals surface area contributed by atoms with Crippen LogP contribution in [-0.2, 0) is 9.53 Å². The van der Waals surface area contributed by atoms with Crippen LogP contribution in [0.15, 0.2) is 11.1 Å². The molecule has 0 aromatic carbocycles. The van der Waals surface area contributed by atoms with Crippen LogP contribution in [-0.4, -0.2) is 24.3 Å². The average molecular weight is 184 g/mol. The zero-order chi connectivity index (χ0) is 9.84. The van der Waals surface area contributed by atoms with Crippen LogP contribution >= 0.6 is 0 Å². The monoisotopic (exact) mass is 184 g/mol. The third-order valence-corrected chi connectivity index (χ3v) is 2.56. The highest BCUT2D eigenvalue weighted by atomic mass is 16.5. The van der Waals surface area contributed by atoms with Crippen molar-refractivity contribution in [3.8, 4) is 0 Å². The molecular formula is C10H16O3. The summed E-state index contributed by atoms with van der Waals surface area (Å²) in [6.45, 7) is 5.13. The summed E-state index contributed by atoms with van der Waals surface area (Å²) in [7, 11) is 0. The molecule has 1 atom stereocenters. The summed E-state index contributed by atoms with van der Waals surface area (Å²) >= 11 is 0. The van der Waals surface area contributed by atoms with Crippen molar-refractivity contribution in [1.82, 2.24) is 0 Å². The van der Waals surface area contributed by atoms with Crippen LogP contribution in [0.1, 0.15) is 26.7 Å². The molecule has 0 spiro atoms. The molecule has 0 amide bonds. The molecule has 1 heterocycles. The van der Waals surface area contributed by atoms with Crippen molar-refractivity contribution in [2.24, 2.45) is 5.92 Å². The Bertz CT molecular complexity index is 230. The fourth-order valence-electron chi connectivity index (χ4n) is 1.74. The molecule has 1 N–H and O–H groups in total. The van der Waals surface area contributed by atoms with E-state index in [2.05, 4.69) is 6.92 Å². The van der Waals surface area contributed by atoms with Crippen molar-refractivity contribution in [2.75, 3.05) is 13.2 Å². The van der Waals surface area contributed by atoms with Crippen LogP contribution in [0.3, 0.4) is 0 Å². The molecule has 13 heavy (non-hydrogen) atoms. The van der Waals surface area contributed by atoms with Gasteiger partial charge in [0, 0.05) is 11.5 Å². The fourth-order valence-corrected chi connectivity index (χ4v) is 1.74. The van der Waals surface area contributed by atoms with Crippen molar-refractivity contribution >= 4 is 5.97 Å². The van der Waals surface area contributed by atoms with Gasteiger partial charge >= 0.3 is 5.97 Å². The topological polar surface area (TPSA) is 46.5 Å². The molecule has 1 rings (SSSR count). The molecule has 1 saturated heterocycles.